The summed E-state index contributed by atoms with van der Waals surface area (Å²) in [7, 11) is 1.97. The van der Waals surface area contributed by atoms with Gasteiger partial charge < -0.3 is 15.0 Å². The quantitative estimate of drug-likeness (QED) is 0.683. The maximum absolute atomic E-state index is 11.9. The number of piperidine rings is 1. The van der Waals surface area contributed by atoms with E-state index >= 15 is 0 Å². The number of nitrogens with one attached hydrogen (secondary N) is 1. The second-order valence-corrected chi connectivity index (χ2v) is 4.81. The first-order valence-electron chi connectivity index (χ1n) is 6.78. The fraction of sp³-hybridized carbons (Fsp3) is 0.923. The van der Waals surface area contributed by atoms with Crippen molar-refractivity contribution in [1.82, 2.24) is 10.2 Å². The van der Waals surface area contributed by atoms with Crippen LogP contribution in [0.4, 0.5) is 0 Å². The summed E-state index contributed by atoms with van der Waals surface area (Å²) >= 11 is 0. The van der Waals surface area contributed by atoms with Crippen LogP contribution in [0.25, 0.3) is 0 Å². The number of hydrogen-bond donors (Lipinski definition) is 1. The Morgan fingerprint density at radius 2 is 2.35 bits per heavy atom. The average Bonchev–Trinajstić information content (AvgIpc) is 2.35. The van der Waals surface area contributed by atoms with Gasteiger partial charge in [-0.05, 0) is 38.8 Å². The minimum absolute atomic E-state index is 0.155. The molecule has 1 amide bonds. The minimum Gasteiger partial charge on any atom is -0.372 e. The molecule has 0 spiro atoms. The standard InChI is InChI=1S/C13H26N2O2/c1-3-4-8-17-11-13(16)15-7-5-6-12(10-15)9-14-2/h12,14H,3-11H2,1-2H3. The van der Waals surface area contributed by atoms with E-state index in [0.29, 0.717) is 12.5 Å². The van der Waals surface area contributed by atoms with Gasteiger partial charge in [0.1, 0.15) is 6.61 Å². The zero-order valence-electron chi connectivity index (χ0n) is 11.2. The Bertz CT molecular complexity index is 219. The first kappa shape index (κ1) is 14.5. The SMILES string of the molecule is CCCCOCC(=O)N1CCCC(CNC)C1. The predicted octanol–water partition coefficient (Wildman–Crippen LogP) is 1.26. The van der Waals surface area contributed by atoms with Gasteiger partial charge in [0.05, 0.1) is 0 Å². The molecular weight excluding hydrogens is 216 g/mol. The number of hydrogen-bond acceptors (Lipinski definition) is 3. The van der Waals surface area contributed by atoms with Gasteiger partial charge in [-0.2, -0.15) is 0 Å². The lowest BCUT2D eigenvalue weighted by atomic mass is 9.98. The number of ether oxygens (including phenoxy) is 1. The summed E-state index contributed by atoms with van der Waals surface area (Å²) < 4.78 is 5.38. The summed E-state index contributed by atoms with van der Waals surface area (Å²) in [5.74, 6) is 0.759. The Kier molecular flexibility index (Phi) is 7.21. The molecule has 1 rings (SSSR count). The third kappa shape index (κ3) is 5.50. The second-order valence-electron chi connectivity index (χ2n) is 4.81. The summed E-state index contributed by atoms with van der Waals surface area (Å²) in [6.45, 7) is 5.87. The van der Waals surface area contributed by atoms with Crippen molar-refractivity contribution in [2.24, 2.45) is 5.92 Å². The zero-order valence-corrected chi connectivity index (χ0v) is 11.2. The number of amides is 1. The molecule has 4 heteroatoms. The third-order valence-electron chi connectivity index (χ3n) is 3.23. The van der Waals surface area contributed by atoms with Crippen molar-refractivity contribution >= 4 is 5.91 Å². The van der Waals surface area contributed by atoms with Crippen molar-refractivity contribution in [2.75, 3.05) is 39.9 Å². The Morgan fingerprint density at radius 3 is 3.06 bits per heavy atom. The highest BCUT2D eigenvalue weighted by molar-refractivity contribution is 5.77. The largest absolute Gasteiger partial charge is 0.372 e. The molecule has 0 aromatic carbocycles. The van der Waals surface area contributed by atoms with Crippen LogP contribution < -0.4 is 5.32 Å². The van der Waals surface area contributed by atoms with Crippen LogP contribution in [0.2, 0.25) is 0 Å². The number of likely N-dealkylation sites (tertiary alicyclic amines) is 1. The fourth-order valence-corrected chi connectivity index (χ4v) is 2.24. The Morgan fingerprint density at radius 1 is 1.53 bits per heavy atom. The molecule has 100 valence electrons. The highest BCUT2D eigenvalue weighted by Crippen LogP contribution is 2.15. The highest BCUT2D eigenvalue weighted by atomic mass is 16.5. The van der Waals surface area contributed by atoms with Crippen molar-refractivity contribution < 1.29 is 9.53 Å². The molecule has 0 saturated carbocycles. The monoisotopic (exact) mass is 242 g/mol. The molecule has 0 aliphatic carbocycles. The molecular formula is C13H26N2O2. The minimum atomic E-state index is 0.155. The van der Waals surface area contributed by atoms with E-state index in [0.717, 1.165) is 38.9 Å². The van der Waals surface area contributed by atoms with Crippen LogP contribution in [0, 0.1) is 5.92 Å². The molecule has 0 aromatic heterocycles. The number of nitrogens with zero attached hydrogens (tertiary/aromatic N) is 1. The van der Waals surface area contributed by atoms with Crippen LogP contribution >= 0.6 is 0 Å². The molecule has 1 fully saturated rings. The van der Waals surface area contributed by atoms with E-state index in [1.807, 2.05) is 11.9 Å². The van der Waals surface area contributed by atoms with Gasteiger partial charge in [0.2, 0.25) is 5.91 Å². The molecule has 1 heterocycles. The molecule has 1 saturated heterocycles. The van der Waals surface area contributed by atoms with E-state index in [2.05, 4.69) is 12.2 Å². The summed E-state index contributed by atoms with van der Waals surface area (Å²) in [5, 5.41) is 3.19. The van der Waals surface area contributed by atoms with Crippen molar-refractivity contribution in [3.8, 4) is 0 Å². The van der Waals surface area contributed by atoms with Crippen molar-refractivity contribution in [2.45, 2.75) is 32.6 Å². The van der Waals surface area contributed by atoms with Crippen LogP contribution in [0.3, 0.4) is 0 Å². The smallest absolute Gasteiger partial charge is 0.248 e. The molecule has 1 atom stereocenters. The molecule has 0 bridgehead atoms. The van der Waals surface area contributed by atoms with E-state index in [9.17, 15) is 4.79 Å². The molecule has 17 heavy (non-hydrogen) atoms. The lowest BCUT2D eigenvalue weighted by molar-refractivity contribution is -0.138. The van der Waals surface area contributed by atoms with Gasteiger partial charge in [-0.1, -0.05) is 13.3 Å². The maximum atomic E-state index is 11.9. The van der Waals surface area contributed by atoms with E-state index in [1.54, 1.807) is 0 Å². The third-order valence-corrected chi connectivity index (χ3v) is 3.23. The van der Waals surface area contributed by atoms with Gasteiger partial charge >= 0.3 is 0 Å². The van der Waals surface area contributed by atoms with Crippen LogP contribution in [0.5, 0.6) is 0 Å². The summed E-state index contributed by atoms with van der Waals surface area (Å²) in [5.41, 5.74) is 0. The van der Waals surface area contributed by atoms with Crippen molar-refractivity contribution in [3.05, 3.63) is 0 Å². The van der Waals surface area contributed by atoms with Gasteiger partial charge in [0.25, 0.3) is 0 Å². The van der Waals surface area contributed by atoms with Crippen molar-refractivity contribution in [1.29, 1.82) is 0 Å². The molecule has 1 N–H and O–H groups in total. The fourth-order valence-electron chi connectivity index (χ4n) is 2.24. The molecule has 1 aliphatic rings. The van der Waals surface area contributed by atoms with Gasteiger partial charge in [0.15, 0.2) is 0 Å². The predicted molar refractivity (Wildman–Crippen MR) is 69.0 cm³/mol. The second kappa shape index (κ2) is 8.48. The number of rotatable bonds is 7. The van der Waals surface area contributed by atoms with Crippen LogP contribution in [-0.4, -0.2) is 50.7 Å². The van der Waals surface area contributed by atoms with Gasteiger partial charge in [-0.25, -0.2) is 0 Å². The highest BCUT2D eigenvalue weighted by Gasteiger charge is 2.22. The first-order chi connectivity index (χ1) is 8.27. The molecule has 4 nitrogen and oxygen atoms in total. The van der Waals surface area contributed by atoms with Crippen LogP contribution in [-0.2, 0) is 9.53 Å². The van der Waals surface area contributed by atoms with Crippen molar-refractivity contribution in [3.63, 3.8) is 0 Å². The number of carbonyl (C=O) groups is 1. The molecule has 1 aliphatic heterocycles. The normalized spacial score (nSPS) is 20.6. The van der Waals surface area contributed by atoms with Gasteiger partial charge in [0, 0.05) is 19.7 Å². The first-order valence-corrected chi connectivity index (χ1v) is 6.78. The van der Waals surface area contributed by atoms with E-state index in [4.69, 9.17) is 4.74 Å². The van der Waals surface area contributed by atoms with Crippen LogP contribution in [0.1, 0.15) is 32.6 Å². The maximum Gasteiger partial charge on any atom is 0.248 e. The molecule has 0 aromatic rings. The van der Waals surface area contributed by atoms with E-state index in [1.165, 1.54) is 6.42 Å². The Balaban J connectivity index is 2.21. The topological polar surface area (TPSA) is 41.6 Å². The number of unbranched alkanes of at least 4 members (excludes halogenated alkanes) is 1. The van der Waals surface area contributed by atoms with Crippen LogP contribution in [0.15, 0.2) is 0 Å². The summed E-state index contributed by atoms with van der Waals surface area (Å²) in [4.78, 5) is 13.8. The Hall–Kier alpha value is -0.610. The van der Waals surface area contributed by atoms with E-state index < -0.39 is 0 Å². The summed E-state index contributed by atoms with van der Waals surface area (Å²) in [6.07, 6.45) is 4.49. The lowest BCUT2D eigenvalue weighted by Gasteiger charge is -2.32. The zero-order chi connectivity index (χ0) is 12.5. The molecule has 1 unspecified atom stereocenters. The lowest BCUT2D eigenvalue weighted by Crippen LogP contribution is -2.44. The Labute approximate surface area is 105 Å². The van der Waals surface area contributed by atoms with Gasteiger partial charge in [-0.3, -0.25) is 4.79 Å². The molecule has 0 radical (unpaired) electrons. The number of carbonyl (C=O) groups excluding carboxylic acids is 1. The van der Waals surface area contributed by atoms with Gasteiger partial charge in [-0.15, -0.1) is 0 Å². The average molecular weight is 242 g/mol. The van der Waals surface area contributed by atoms with E-state index in [-0.39, 0.29) is 12.5 Å². The summed E-state index contributed by atoms with van der Waals surface area (Å²) in [6, 6.07) is 0.